The molecule has 0 spiro atoms. The van der Waals surface area contributed by atoms with Crippen molar-refractivity contribution >= 4 is 41.4 Å². The largest absolute Gasteiger partial charge is 0.481 e. The molecule has 0 aliphatic rings. The predicted molar refractivity (Wildman–Crippen MR) is 136 cm³/mol. The van der Waals surface area contributed by atoms with Gasteiger partial charge >= 0.3 is 11.9 Å². The normalized spacial score (nSPS) is 14.2. The van der Waals surface area contributed by atoms with Gasteiger partial charge in [0, 0.05) is 6.42 Å². The third-order valence-electron chi connectivity index (χ3n) is 5.22. The van der Waals surface area contributed by atoms with Crippen molar-refractivity contribution in [3.05, 3.63) is 35.9 Å². The predicted octanol–water partition coefficient (Wildman–Crippen LogP) is 0.369. The second-order valence-electron chi connectivity index (χ2n) is 8.83. The Morgan fingerprint density at radius 1 is 0.889 bits per heavy atom. The summed E-state index contributed by atoms with van der Waals surface area (Å²) in [5, 5.41) is 26.1. The van der Waals surface area contributed by atoms with E-state index in [4.69, 9.17) is 5.73 Å². The van der Waals surface area contributed by atoms with Crippen LogP contribution in [0.1, 0.15) is 38.7 Å². The van der Waals surface area contributed by atoms with E-state index in [1.807, 2.05) is 20.1 Å². The van der Waals surface area contributed by atoms with Crippen molar-refractivity contribution in [2.75, 3.05) is 12.0 Å². The minimum atomic E-state index is -1.48. The molecule has 1 aromatic rings. The number of amides is 3. The Morgan fingerprint density at radius 3 is 1.97 bits per heavy atom. The Morgan fingerprint density at radius 2 is 1.44 bits per heavy atom. The number of nitrogens with one attached hydrogen (secondary N) is 3. The van der Waals surface area contributed by atoms with E-state index in [0.717, 1.165) is 0 Å². The molecule has 0 bridgehead atoms. The van der Waals surface area contributed by atoms with E-state index >= 15 is 0 Å². The average Bonchev–Trinajstić information content (AvgIpc) is 2.80. The van der Waals surface area contributed by atoms with Crippen molar-refractivity contribution in [2.24, 2.45) is 11.7 Å². The molecule has 0 aliphatic heterocycles. The number of carboxylic acid groups (broad SMARTS) is 2. The highest BCUT2D eigenvalue weighted by Crippen LogP contribution is 2.09. The number of aliphatic carboxylic acids is 2. The Bertz CT molecular complexity index is 898. The molecule has 0 heterocycles. The Labute approximate surface area is 215 Å². The van der Waals surface area contributed by atoms with Gasteiger partial charge in [-0.25, -0.2) is 4.79 Å². The van der Waals surface area contributed by atoms with Gasteiger partial charge in [0.2, 0.25) is 17.7 Å². The maximum Gasteiger partial charge on any atom is 0.326 e. The van der Waals surface area contributed by atoms with Crippen LogP contribution >= 0.6 is 11.8 Å². The van der Waals surface area contributed by atoms with E-state index in [1.165, 1.54) is 11.8 Å². The van der Waals surface area contributed by atoms with E-state index in [0.29, 0.717) is 17.7 Å². The summed E-state index contributed by atoms with van der Waals surface area (Å²) in [4.78, 5) is 61.5. The second-order valence-corrected chi connectivity index (χ2v) is 9.81. The van der Waals surface area contributed by atoms with Crippen LogP contribution in [0.15, 0.2) is 30.3 Å². The van der Waals surface area contributed by atoms with E-state index in [-0.39, 0.29) is 18.8 Å². The van der Waals surface area contributed by atoms with Crippen LogP contribution in [0, 0.1) is 5.92 Å². The number of hydrogen-bond donors (Lipinski definition) is 6. The summed E-state index contributed by atoms with van der Waals surface area (Å²) >= 11 is 1.49. The third kappa shape index (κ3) is 11.5. The van der Waals surface area contributed by atoms with E-state index in [2.05, 4.69) is 16.0 Å². The summed E-state index contributed by atoms with van der Waals surface area (Å²) in [7, 11) is 0. The van der Waals surface area contributed by atoms with Crippen LogP contribution in [0.25, 0.3) is 0 Å². The van der Waals surface area contributed by atoms with E-state index in [1.54, 1.807) is 30.3 Å². The van der Waals surface area contributed by atoms with Gasteiger partial charge in [-0.2, -0.15) is 11.8 Å². The summed E-state index contributed by atoms with van der Waals surface area (Å²) in [6.07, 6.45) is 1.66. The van der Waals surface area contributed by atoms with Gasteiger partial charge in [0.1, 0.15) is 18.1 Å². The van der Waals surface area contributed by atoms with Gasteiger partial charge in [0.05, 0.1) is 12.5 Å². The zero-order valence-electron chi connectivity index (χ0n) is 20.7. The smallest absolute Gasteiger partial charge is 0.326 e. The number of rotatable bonds is 16. The molecule has 3 amide bonds. The van der Waals surface area contributed by atoms with Gasteiger partial charge < -0.3 is 31.9 Å². The number of carbonyl (C=O) groups is 5. The van der Waals surface area contributed by atoms with Crippen molar-refractivity contribution in [2.45, 2.75) is 63.7 Å². The molecular formula is C24H36N4O7S. The summed E-state index contributed by atoms with van der Waals surface area (Å²) in [6, 6.07) is 3.93. The SMILES string of the molecule is CSCCC(N)C(=O)NC(CC(=O)O)C(=O)NC(Cc1ccccc1)C(=O)NC(CC(C)C)C(=O)O. The van der Waals surface area contributed by atoms with Crippen molar-refractivity contribution in [1.29, 1.82) is 0 Å². The molecular weight excluding hydrogens is 488 g/mol. The molecule has 7 N–H and O–H groups in total. The summed E-state index contributed by atoms with van der Waals surface area (Å²) in [5.41, 5.74) is 6.52. The van der Waals surface area contributed by atoms with Crippen LogP contribution < -0.4 is 21.7 Å². The molecule has 0 radical (unpaired) electrons. The zero-order valence-corrected chi connectivity index (χ0v) is 21.5. The maximum absolute atomic E-state index is 13.1. The van der Waals surface area contributed by atoms with Crippen LogP contribution in [-0.4, -0.2) is 76.0 Å². The van der Waals surface area contributed by atoms with Gasteiger partial charge in [0.15, 0.2) is 0 Å². The molecule has 200 valence electrons. The summed E-state index contributed by atoms with van der Waals surface area (Å²) < 4.78 is 0. The molecule has 0 aliphatic carbocycles. The number of nitrogens with two attached hydrogens (primary N) is 1. The van der Waals surface area contributed by atoms with Gasteiger partial charge in [0.25, 0.3) is 0 Å². The Balaban J connectivity index is 3.10. The zero-order chi connectivity index (χ0) is 27.3. The topological polar surface area (TPSA) is 188 Å². The van der Waals surface area contributed by atoms with Crippen LogP contribution in [-0.2, 0) is 30.4 Å². The van der Waals surface area contributed by atoms with Gasteiger partial charge in [-0.1, -0.05) is 44.2 Å². The summed E-state index contributed by atoms with van der Waals surface area (Å²) in [5.74, 6) is -4.27. The summed E-state index contributed by atoms with van der Waals surface area (Å²) in [6.45, 7) is 3.63. The first kappa shape index (κ1) is 30.9. The first-order chi connectivity index (χ1) is 16.9. The molecule has 0 aromatic heterocycles. The van der Waals surface area contributed by atoms with E-state index < -0.39 is 60.2 Å². The van der Waals surface area contributed by atoms with E-state index in [9.17, 15) is 34.2 Å². The molecule has 1 rings (SSSR count). The van der Waals surface area contributed by atoms with Crippen molar-refractivity contribution in [1.82, 2.24) is 16.0 Å². The van der Waals surface area contributed by atoms with Crippen LogP contribution in [0.4, 0.5) is 0 Å². The van der Waals surface area contributed by atoms with Crippen molar-refractivity contribution in [3.63, 3.8) is 0 Å². The molecule has 0 saturated heterocycles. The lowest BCUT2D eigenvalue weighted by molar-refractivity contribution is -0.143. The minimum absolute atomic E-state index is 0.0148. The number of hydrogen-bond acceptors (Lipinski definition) is 7. The highest BCUT2D eigenvalue weighted by Gasteiger charge is 2.31. The maximum atomic E-state index is 13.1. The lowest BCUT2D eigenvalue weighted by atomic mass is 10.0. The number of carbonyl (C=O) groups excluding carboxylic acids is 3. The number of carboxylic acids is 2. The molecule has 4 atom stereocenters. The monoisotopic (exact) mass is 524 g/mol. The Hall–Kier alpha value is -3.12. The molecule has 0 saturated carbocycles. The lowest BCUT2D eigenvalue weighted by Gasteiger charge is -2.25. The van der Waals surface area contributed by atoms with Crippen LogP contribution in [0.2, 0.25) is 0 Å². The highest BCUT2D eigenvalue weighted by molar-refractivity contribution is 7.98. The number of benzene rings is 1. The van der Waals surface area contributed by atoms with Gasteiger partial charge in [-0.15, -0.1) is 0 Å². The first-order valence-corrected chi connectivity index (χ1v) is 13.0. The molecule has 1 aromatic carbocycles. The average molecular weight is 525 g/mol. The number of thioether (sulfide) groups is 1. The third-order valence-corrected chi connectivity index (χ3v) is 5.86. The molecule has 36 heavy (non-hydrogen) atoms. The molecule has 12 heteroatoms. The minimum Gasteiger partial charge on any atom is -0.481 e. The molecule has 11 nitrogen and oxygen atoms in total. The van der Waals surface area contributed by atoms with Gasteiger partial charge in [-0.3, -0.25) is 19.2 Å². The fourth-order valence-electron chi connectivity index (χ4n) is 3.34. The second kappa shape index (κ2) is 15.8. The quantitative estimate of drug-likeness (QED) is 0.177. The van der Waals surface area contributed by atoms with Crippen molar-refractivity contribution in [3.8, 4) is 0 Å². The van der Waals surface area contributed by atoms with Crippen molar-refractivity contribution < 1.29 is 34.2 Å². The van der Waals surface area contributed by atoms with Crippen LogP contribution in [0.3, 0.4) is 0 Å². The lowest BCUT2D eigenvalue weighted by Crippen LogP contribution is -2.58. The Kier molecular flexibility index (Phi) is 13.6. The molecule has 4 unspecified atom stereocenters. The fourth-order valence-corrected chi connectivity index (χ4v) is 3.82. The highest BCUT2D eigenvalue weighted by atomic mass is 32.2. The van der Waals surface area contributed by atoms with Crippen LogP contribution in [0.5, 0.6) is 0 Å². The fraction of sp³-hybridized carbons (Fsp3) is 0.542. The standard InChI is InChI=1S/C24H36N4O7S/c1-14(2)11-19(24(34)35)28-22(32)17(12-15-7-5-4-6-8-15)27-23(33)18(13-20(29)30)26-21(31)16(25)9-10-36-3/h4-8,14,16-19H,9-13,25H2,1-3H3,(H,26,31)(H,27,33)(H,28,32)(H,29,30)(H,34,35). The first-order valence-electron chi connectivity index (χ1n) is 11.6. The van der Waals surface area contributed by atoms with Gasteiger partial charge in [-0.05, 0) is 36.3 Å². The molecule has 0 fully saturated rings.